The van der Waals surface area contributed by atoms with Crippen LogP contribution in [-0.2, 0) is 6.54 Å². The molecule has 0 saturated carbocycles. The van der Waals surface area contributed by atoms with E-state index < -0.39 is 0 Å². The maximum Gasteiger partial charge on any atom is 0.324 e. The SMILES string of the molecule is CN1C2CCC1CC(CNCc1csc([N+](=O)[O-])c1)C2. The van der Waals surface area contributed by atoms with Gasteiger partial charge in [0.25, 0.3) is 0 Å². The predicted molar refractivity (Wildman–Crippen MR) is 80.0 cm³/mol. The van der Waals surface area contributed by atoms with Gasteiger partial charge in [-0.15, -0.1) is 0 Å². The first-order valence-electron chi connectivity index (χ1n) is 7.28. The smallest absolute Gasteiger partial charge is 0.312 e. The van der Waals surface area contributed by atoms with Gasteiger partial charge in [0.15, 0.2) is 0 Å². The van der Waals surface area contributed by atoms with Crippen molar-refractivity contribution in [1.82, 2.24) is 10.2 Å². The highest BCUT2D eigenvalue weighted by atomic mass is 32.1. The molecule has 1 aromatic rings. The van der Waals surface area contributed by atoms with Crippen LogP contribution in [0.1, 0.15) is 31.2 Å². The van der Waals surface area contributed by atoms with Gasteiger partial charge in [0.2, 0.25) is 0 Å². The molecule has 20 heavy (non-hydrogen) atoms. The largest absolute Gasteiger partial charge is 0.324 e. The van der Waals surface area contributed by atoms with E-state index >= 15 is 0 Å². The van der Waals surface area contributed by atoms with E-state index in [1.54, 1.807) is 6.07 Å². The van der Waals surface area contributed by atoms with Crippen molar-refractivity contribution in [2.75, 3.05) is 13.6 Å². The highest BCUT2D eigenvalue weighted by Gasteiger charge is 2.37. The average molecular weight is 295 g/mol. The van der Waals surface area contributed by atoms with E-state index in [1.807, 2.05) is 5.38 Å². The fraction of sp³-hybridized carbons (Fsp3) is 0.714. The molecule has 2 unspecified atom stereocenters. The minimum absolute atomic E-state index is 0.235. The monoisotopic (exact) mass is 295 g/mol. The molecule has 2 atom stereocenters. The van der Waals surface area contributed by atoms with Crippen LogP contribution in [0.15, 0.2) is 11.4 Å². The molecule has 0 amide bonds. The van der Waals surface area contributed by atoms with Crippen molar-refractivity contribution in [3.63, 3.8) is 0 Å². The Hall–Kier alpha value is -0.980. The number of fused-ring (bicyclic) bond motifs is 2. The van der Waals surface area contributed by atoms with Crippen molar-refractivity contribution in [3.8, 4) is 0 Å². The third-order valence-corrected chi connectivity index (χ3v) is 5.71. The highest BCUT2D eigenvalue weighted by molar-refractivity contribution is 7.13. The second-order valence-electron chi connectivity index (χ2n) is 6.07. The quantitative estimate of drug-likeness (QED) is 0.670. The second-order valence-corrected chi connectivity index (χ2v) is 6.96. The standard InChI is InChI=1S/C14H21N3O2S/c1-16-12-2-3-13(16)5-10(4-12)7-15-8-11-6-14(17(18)19)20-9-11/h6,9-10,12-13,15H,2-5,7-8H2,1H3. The first-order chi connectivity index (χ1) is 9.63. The number of nitrogens with zero attached hydrogens (tertiary/aromatic N) is 2. The Kier molecular flexibility index (Phi) is 4.05. The molecule has 0 aromatic carbocycles. The van der Waals surface area contributed by atoms with Crippen LogP contribution in [0.2, 0.25) is 0 Å². The van der Waals surface area contributed by atoms with Gasteiger partial charge in [-0.1, -0.05) is 11.3 Å². The normalized spacial score (nSPS) is 29.8. The molecule has 6 heteroatoms. The summed E-state index contributed by atoms with van der Waals surface area (Å²) in [5.41, 5.74) is 1.03. The molecule has 2 aliphatic rings. The highest BCUT2D eigenvalue weighted by Crippen LogP contribution is 2.37. The van der Waals surface area contributed by atoms with Crippen LogP contribution in [0.4, 0.5) is 5.00 Å². The van der Waals surface area contributed by atoms with Crippen LogP contribution in [0.3, 0.4) is 0 Å². The topological polar surface area (TPSA) is 58.4 Å². The lowest BCUT2D eigenvalue weighted by molar-refractivity contribution is -0.380. The van der Waals surface area contributed by atoms with Gasteiger partial charge in [0.1, 0.15) is 0 Å². The Labute approximate surface area is 123 Å². The second kappa shape index (κ2) is 5.79. The van der Waals surface area contributed by atoms with Crippen LogP contribution in [0.5, 0.6) is 0 Å². The molecule has 2 saturated heterocycles. The Morgan fingerprint density at radius 3 is 2.75 bits per heavy atom. The predicted octanol–water partition coefficient (Wildman–Crippen LogP) is 2.62. The van der Waals surface area contributed by atoms with Crippen LogP contribution in [-0.4, -0.2) is 35.5 Å². The summed E-state index contributed by atoms with van der Waals surface area (Å²) >= 11 is 1.21. The number of hydrogen-bond acceptors (Lipinski definition) is 5. The van der Waals surface area contributed by atoms with Crippen molar-refractivity contribution >= 4 is 16.3 Å². The van der Waals surface area contributed by atoms with E-state index in [9.17, 15) is 10.1 Å². The Morgan fingerprint density at radius 1 is 1.45 bits per heavy atom. The summed E-state index contributed by atoms with van der Waals surface area (Å²) in [5, 5.41) is 16.2. The van der Waals surface area contributed by atoms with Crippen LogP contribution >= 0.6 is 11.3 Å². The van der Waals surface area contributed by atoms with E-state index in [0.717, 1.165) is 36.7 Å². The minimum Gasteiger partial charge on any atom is -0.312 e. The molecule has 3 rings (SSSR count). The molecule has 110 valence electrons. The van der Waals surface area contributed by atoms with Crippen molar-refractivity contribution < 1.29 is 4.92 Å². The molecule has 5 nitrogen and oxygen atoms in total. The molecule has 0 spiro atoms. The molecule has 1 aromatic heterocycles. The van der Waals surface area contributed by atoms with Gasteiger partial charge >= 0.3 is 5.00 Å². The minimum atomic E-state index is -0.317. The average Bonchev–Trinajstić information content (AvgIpc) is 2.93. The molecular formula is C14H21N3O2S. The third kappa shape index (κ3) is 2.87. The van der Waals surface area contributed by atoms with Crippen LogP contribution in [0.25, 0.3) is 0 Å². The summed E-state index contributed by atoms with van der Waals surface area (Å²) in [5.74, 6) is 0.761. The molecule has 3 heterocycles. The van der Waals surface area contributed by atoms with Crippen molar-refractivity contribution in [2.45, 2.75) is 44.3 Å². The van der Waals surface area contributed by atoms with Gasteiger partial charge in [-0.25, -0.2) is 0 Å². The summed E-state index contributed by atoms with van der Waals surface area (Å²) in [6, 6.07) is 3.24. The lowest BCUT2D eigenvalue weighted by Crippen LogP contribution is -2.42. The lowest BCUT2D eigenvalue weighted by Gasteiger charge is -2.36. The number of nitro groups is 1. The fourth-order valence-electron chi connectivity index (χ4n) is 3.66. The number of rotatable bonds is 5. The van der Waals surface area contributed by atoms with Crippen molar-refractivity contribution in [2.24, 2.45) is 5.92 Å². The summed E-state index contributed by atoms with van der Waals surface area (Å²) in [6.07, 6.45) is 5.30. The summed E-state index contributed by atoms with van der Waals surface area (Å²) in [4.78, 5) is 12.9. The zero-order chi connectivity index (χ0) is 14.1. The summed E-state index contributed by atoms with van der Waals surface area (Å²) < 4.78 is 0. The first kappa shape index (κ1) is 14.0. The van der Waals surface area contributed by atoms with E-state index in [2.05, 4.69) is 17.3 Å². The van der Waals surface area contributed by atoms with Crippen molar-refractivity contribution in [1.29, 1.82) is 0 Å². The number of thiophene rings is 1. The molecule has 2 bridgehead atoms. The number of piperidine rings is 1. The van der Waals surface area contributed by atoms with E-state index in [1.165, 1.54) is 37.0 Å². The first-order valence-corrected chi connectivity index (χ1v) is 8.16. The molecular weight excluding hydrogens is 274 g/mol. The van der Waals surface area contributed by atoms with E-state index in [-0.39, 0.29) is 9.92 Å². The van der Waals surface area contributed by atoms with E-state index in [4.69, 9.17) is 0 Å². The van der Waals surface area contributed by atoms with Crippen LogP contribution in [0, 0.1) is 16.0 Å². The number of nitrogens with one attached hydrogen (secondary N) is 1. The van der Waals surface area contributed by atoms with Gasteiger partial charge in [0.05, 0.1) is 4.92 Å². The maximum atomic E-state index is 10.6. The zero-order valence-electron chi connectivity index (χ0n) is 11.7. The van der Waals surface area contributed by atoms with Crippen molar-refractivity contribution in [3.05, 3.63) is 27.1 Å². The van der Waals surface area contributed by atoms with Crippen LogP contribution < -0.4 is 5.32 Å². The molecule has 0 aliphatic carbocycles. The Bertz CT molecular complexity index is 477. The van der Waals surface area contributed by atoms with Gasteiger partial charge in [-0.3, -0.25) is 10.1 Å². The molecule has 1 N–H and O–H groups in total. The van der Waals surface area contributed by atoms with Gasteiger partial charge in [-0.05, 0) is 50.8 Å². The summed E-state index contributed by atoms with van der Waals surface area (Å²) in [6.45, 7) is 1.77. The van der Waals surface area contributed by atoms with E-state index in [0.29, 0.717) is 0 Å². The third-order valence-electron chi connectivity index (χ3n) is 4.78. The fourth-order valence-corrected chi connectivity index (χ4v) is 4.39. The van der Waals surface area contributed by atoms with Gasteiger partial charge in [-0.2, -0.15) is 0 Å². The molecule has 0 radical (unpaired) electrons. The number of hydrogen-bond donors (Lipinski definition) is 1. The zero-order valence-corrected chi connectivity index (χ0v) is 12.6. The van der Waals surface area contributed by atoms with Gasteiger partial charge in [0, 0.05) is 30.1 Å². The Morgan fingerprint density at radius 2 is 2.15 bits per heavy atom. The molecule has 2 fully saturated rings. The Balaban J connectivity index is 1.45. The summed E-state index contributed by atoms with van der Waals surface area (Å²) in [7, 11) is 2.26. The van der Waals surface area contributed by atoms with Gasteiger partial charge < -0.3 is 10.2 Å². The maximum absolute atomic E-state index is 10.6. The lowest BCUT2D eigenvalue weighted by atomic mass is 9.91. The molecule has 2 aliphatic heterocycles.